The van der Waals surface area contributed by atoms with Gasteiger partial charge in [-0.25, -0.2) is 17.6 Å². The van der Waals surface area contributed by atoms with Crippen molar-refractivity contribution in [2.75, 3.05) is 6.54 Å². The number of allylic oxidation sites excluding steroid dienone is 1. The summed E-state index contributed by atoms with van der Waals surface area (Å²) >= 11 is 0. The minimum atomic E-state index is -3.97. The zero-order valence-corrected chi connectivity index (χ0v) is 9.57. The van der Waals surface area contributed by atoms with E-state index >= 15 is 0 Å². The van der Waals surface area contributed by atoms with E-state index in [1.54, 1.807) is 6.92 Å². The van der Waals surface area contributed by atoms with Crippen LogP contribution >= 0.6 is 0 Å². The molecule has 1 unspecified atom stereocenters. The van der Waals surface area contributed by atoms with E-state index in [4.69, 9.17) is 11.1 Å². The van der Waals surface area contributed by atoms with Crippen LogP contribution in [0.15, 0.2) is 11.1 Å². The summed E-state index contributed by atoms with van der Waals surface area (Å²) in [4.78, 5) is 0. The highest BCUT2D eigenvalue weighted by atomic mass is 19.3. The molecule has 0 aromatic carbocycles. The van der Waals surface area contributed by atoms with Crippen LogP contribution in [0.25, 0.3) is 0 Å². The zero-order chi connectivity index (χ0) is 13.3. The minimum Gasteiger partial charge on any atom is -0.329 e. The second-order valence-electron chi connectivity index (χ2n) is 4.50. The molecular formula is C11H16F4N2. The lowest BCUT2D eigenvalue weighted by Gasteiger charge is -2.42. The van der Waals surface area contributed by atoms with Gasteiger partial charge >= 0.3 is 12.3 Å². The fourth-order valence-corrected chi connectivity index (χ4v) is 2.26. The smallest absolute Gasteiger partial charge is 0.307 e. The second kappa shape index (κ2) is 4.76. The Labute approximate surface area is 97.4 Å². The maximum Gasteiger partial charge on any atom is 0.307 e. The monoisotopic (exact) mass is 252 g/mol. The average Bonchev–Trinajstić information content (AvgIpc) is 2.25. The standard InChI is InChI=1S/C11H16F4N2/c1-7-4-10(5-16,6-17)8(7)2-3-11(14,15)9(12)13/h5,9,16H,2-4,6,17H2,1H3. The normalized spacial score (nSPS) is 25.1. The summed E-state index contributed by atoms with van der Waals surface area (Å²) in [6.45, 7) is 1.91. The van der Waals surface area contributed by atoms with Gasteiger partial charge in [-0.05, 0) is 19.8 Å². The van der Waals surface area contributed by atoms with Gasteiger partial charge in [-0.3, -0.25) is 0 Å². The summed E-state index contributed by atoms with van der Waals surface area (Å²) in [6, 6.07) is 0. The number of nitrogens with one attached hydrogen (secondary N) is 1. The van der Waals surface area contributed by atoms with Crippen LogP contribution in [0.1, 0.15) is 26.2 Å². The van der Waals surface area contributed by atoms with E-state index in [2.05, 4.69) is 0 Å². The first-order chi connectivity index (χ1) is 7.79. The van der Waals surface area contributed by atoms with Crippen LogP contribution in [0.5, 0.6) is 0 Å². The number of nitrogens with two attached hydrogens (primary N) is 1. The SMILES string of the molecule is CC1=C(CCC(F)(F)C(F)F)C(C=N)(CN)C1. The third kappa shape index (κ3) is 2.51. The van der Waals surface area contributed by atoms with Gasteiger partial charge in [-0.2, -0.15) is 0 Å². The van der Waals surface area contributed by atoms with Crippen molar-refractivity contribution in [2.24, 2.45) is 11.1 Å². The van der Waals surface area contributed by atoms with Crippen LogP contribution in [-0.4, -0.2) is 25.1 Å². The van der Waals surface area contributed by atoms with Crippen molar-refractivity contribution in [3.63, 3.8) is 0 Å². The van der Waals surface area contributed by atoms with Gasteiger partial charge in [0.05, 0.1) is 0 Å². The first-order valence-corrected chi connectivity index (χ1v) is 5.36. The second-order valence-corrected chi connectivity index (χ2v) is 4.50. The Hall–Kier alpha value is -0.910. The molecule has 98 valence electrons. The first kappa shape index (κ1) is 14.2. The largest absolute Gasteiger partial charge is 0.329 e. The molecule has 0 bridgehead atoms. The van der Waals surface area contributed by atoms with Gasteiger partial charge in [0, 0.05) is 24.6 Å². The summed E-state index contributed by atoms with van der Waals surface area (Å²) < 4.78 is 49.6. The Balaban J connectivity index is 2.70. The highest BCUT2D eigenvalue weighted by Gasteiger charge is 2.45. The predicted molar refractivity (Wildman–Crippen MR) is 57.8 cm³/mol. The Bertz CT molecular complexity index is 338. The number of alkyl halides is 4. The molecule has 0 radical (unpaired) electrons. The average molecular weight is 252 g/mol. The summed E-state index contributed by atoms with van der Waals surface area (Å²) in [5, 5.41) is 7.27. The van der Waals surface area contributed by atoms with E-state index in [1.165, 1.54) is 0 Å². The van der Waals surface area contributed by atoms with Crippen LogP contribution in [0.4, 0.5) is 17.6 Å². The van der Waals surface area contributed by atoms with Crippen molar-refractivity contribution < 1.29 is 17.6 Å². The molecular weight excluding hydrogens is 236 g/mol. The van der Waals surface area contributed by atoms with Crippen LogP contribution in [0, 0.1) is 10.8 Å². The summed E-state index contributed by atoms with van der Waals surface area (Å²) in [6.07, 6.45) is -2.98. The molecule has 2 nitrogen and oxygen atoms in total. The Morgan fingerprint density at radius 2 is 2.12 bits per heavy atom. The van der Waals surface area contributed by atoms with Gasteiger partial charge in [-0.1, -0.05) is 11.1 Å². The highest BCUT2D eigenvalue weighted by Crippen LogP contribution is 2.47. The molecule has 17 heavy (non-hydrogen) atoms. The molecule has 6 heteroatoms. The lowest BCUT2D eigenvalue weighted by molar-refractivity contribution is -0.132. The molecule has 0 amide bonds. The number of rotatable bonds is 6. The van der Waals surface area contributed by atoms with E-state index < -0.39 is 24.2 Å². The van der Waals surface area contributed by atoms with Gasteiger partial charge in [0.2, 0.25) is 0 Å². The molecule has 3 N–H and O–H groups in total. The maximum atomic E-state index is 12.8. The van der Waals surface area contributed by atoms with Gasteiger partial charge in [-0.15, -0.1) is 0 Å². The molecule has 0 heterocycles. The molecule has 0 aromatic rings. The van der Waals surface area contributed by atoms with Crippen molar-refractivity contribution in [3.8, 4) is 0 Å². The van der Waals surface area contributed by atoms with Crippen molar-refractivity contribution >= 4 is 6.21 Å². The molecule has 1 atom stereocenters. The molecule has 0 spiro atoms. The van der Waals surface area contributed by atoms with Crippen LogP contribution in [0.3, 0.4) is 0 Å². The number of hydrogen-bond acceptors (Lipinski definition) is 2. The fourth-order valence-electron chi connectivity index (χ4n) is 2.26. The number of hydrogen-bond donors (Lipinski definition) is 2. The highest BCUT2D eigenvalue weighted by molar-refractivity contribution is 5.72. The van der Waals surface area contributed by atoms with E-state index in [9.17, 15) is 17.6 Å². The summed E-state index contributed by atoms with van der Waals surface area (Å²) in [5.74, 6) is -3.97. The molecule has 0 saturated heterocycles. The zero-order valence-electron chi connectivity index (χ0n) is 9.57. The van der Waals surface area contributed by atoms with E-state index in [1.807, 2.05) is 0 Å². The van der Waals surface area contributed by atoms with Crippen molar-refractivity contribution in [1.29, 1.82) is 5.41 Å². The molecule has 1 rings (SSSR count). The van der Waals surface area contributed by atoms with Crippen LogP contribution < -0.4 is 5.73 Å². The van der Waals surface area contributed by atoms with Crippen LogP contribution in [-0.2, 0) is 0 Å². The molecule has 0 fully saturated rings. The maximum absolute atomic E-state index is 12.8. The fraction of sp³-hybridized carbons (Fsp3) is 0.727. The van der Waals surface area contributed by atoms with Crippen molar-refractivity contribution in [1.82, 2.24) is 0 Å². The third-order valence-corrected chi connectivity index (χ3v) is 3.36. The summed E-state index contributed by atoms with van der Waals surface area (Å²) in [7, 11) is 0. The quantitative estimate of drug-likeness (QED) is 0.426. The molecule has 1 aliphatic carbocycles. The van der Waals surface area contributed by atoms with Crippen LogP contribution in [0.2, 0.25) is 0 Å². The van der Waals surface area contributed by atoms with Gasteiger partial charge in [0.25, 0.3) is 0 Å². The Morgan fingerprint density at radius 1 is 1.53 bits per heavy atom. The van der Waals surface area contributed by atoms with Gasteiger partial charge in [0.1, 0.15) is 0 Å². The van der Waals surface area contributed by atoms with Gasteiger partial charge in [0.15, 0.2) is 0 Å². The lowest BCUT2D eigenvalue weighted by atomic mass is 9.63. The van der Waals surface area contributed by atoms with Crippen molar-refractivity contribution in [2.45, 2.75) is 38.5 Å². The Morgan fingerprint density at radius 3 is 2.47 bits per heavy atom. The first-order valence-electron chi connectivity index (χ1n) is 5.36. The third-order valence-electron chi connectivity index (χ3n) is 3.36. The predicted octanol–water partition coefficient (Wildman–Crippen LogP) is 2.98. The Kier molecular flexibility index (Phi) is 3.96. The van der Waals surface area contributed by atoms with Crippen molar-refractivity contribution in [3.05, 3.63) is 11.1 Å². The van der Waals surface area contributed by atoms with E-state index in [0.29, 0.717) is 12.0 Å². The molecule has 0 saturated carbocycles. The molecule has 0 aliphatic heterocycles. The molecule has 0 aromatic heterocycles. The topological polar surface area (TPSA) is 49.9 Å². The number of halogens is 4. The molecule has 1 aliphatic rings. The summed E-state index contributed by atoms with van der Waals surface area (Å²) in [5.41, 5.74) is 6.33. The lowest BCUT2D eigenvalue weighted by Crippen LogP contribution is -2.42. The van der Waals surface area contributed by atoms with E-state index in [0.717, 1.165) is 11.8 Å². The van der Waals surface area contributed by atoms with Gasteiger partial charge < -0.3 is 11.1 Å². The van der Waals surface area contributed by atoms with E-state index in [-0.39, 0.29) is 13.0 Å². The minimum absolute atomic E-state index is 0.129.